The van der Waals surface area contributed by atoms with Crippen molar-refractivity contribution in [2.75, 3.05) is 11.9 Å². The number of amides is 1. The van der Waals surface area contributed by atoms with E-state index in [0.717, 1.165) is 24.2 Å². The Morgan fingerprint density at radius 3 is 3.08 bits per heavy atom. The molecule has 8 nitrogen and oxygen atoms in total. The van der Waals surface area contributed by atoms with Gasteiger partial charge in [0.2, 0.25) is 5.95 Å². The molecule has 0 radical (unpaired) electrons. The molecule has 25 heavy (non-hydrogen) atoms. The molecule has 0 saturated carbocycles. The van der Waals surface area contributed by atoms with Gasteiger partial charge >= 0.3 is 0 Å². The van der Waals surface area contributed by atoms with Gasteiger partial charge in [-0.15, -0.1) is 0 Å². The first-order chi connectivity index (χ1) is 12.1. The zero-order chi connectivity index (χ0) is 17.4. The van der Waals surface area contributed by atoms with Crippen LogP contribution in [0.3, 0.4) is 0 Å². The van der Waals surface area contributed by atoms with Gasteiger partial charge in [-0.05, 0) is 30.2 Å². The topological polar surface area (TPSA) is 101 Å². The minimum Gasteiger partial charge on any atom is -0.493 e. The summed E-state index contributed by atoms with van der Waals surface area (Å²) < 4.78 is 6.65. The summed E-state index contributed by atoms with van der Waals surface area (Å²) in [5.41, 5.74) is 1.96. The van der Waals surface area contributed by atoms with Gasteiger partial charge in [0.05, 0.1) is 12.3 Å². The summed E-state index contributed by atoms with van der Waals surface area (Å²) in [6.07, 6.45) is 2.39. The Morgan fingerprint density at radius 2 is 2.24 bits per heavy atom. The lowest BCUT2D eigenvalue weighted by Gasteiger charge is -2.03. The molecule has 0 saturated heterocycles. The molecule has 8 heteroatoms. The number of H-pyrrole nitrogens is 1. The van der Waals surface area contributed by atoms with E-state index in [1.165, 1.54) is 10.6 Å². The summed E-state index contributed by atoms with van der Waals surface area (Å²) in [4.78, 5) is 33.0. The van der Waals surface area contributed by atoms with Crippen LogP contribution in [-0.4, -0.2) is 32.1 Å². The van der Waals surface area contributed by atoms with Crippen molar-refractivity contribution in [3.05, 3.63) is 51.4 Å². The van der Waals surface area contributed by atoms with Crippen molar-refractivity contribution in [2.45, 2.75) is 26.2 Å². The smallest absolute Gasteiger partial charge is 0.274 e. The maximum absolute atomic E-state index is 12.4. The van der Waals surface area contributed by atoms with Crippen LogP contribution in [0.2, 0.25) is 0 Å². The molecular weight excluding hydrogens is 322 g/mol. The van der Waals surface area contributed by atoms with Crippen LogP contribution in [-0.2, 0) is 12.8 Å². The molecule has 1 aliphatic heterocycles. The highest BCUT2D eigenvalue weighted by Gasteiger charge is 2.16. The predicted molar refractivity (Wildman–Crippen MR) is 91.2 cm³/mol. The normalized spacial score (nSPS) is 12.8. The Kier molecular flexibility index (Phi) is 3.72. The van der Waals surface area contributed by atoms with Crippen LogP contribution in [0.25, 0.3) is 5.78 Å². The van der Waals surface area contributed by atoms with E-state index in [1.54, 1.807) is 12.1 Å². The minimum absolute atomic E-state index is 0.181. The summed E-state index contributed by atoms with van der Waals surface area (Å²) in [5.74, 6) is 0.934. The number of hydrogen-bond acceptors (Lipinski definition) is 5. The lowest BCUT2D eigenvalue weighted by molar-refractivity contribution is 0.102. The van der Waals surface area contributed by atoms with Crippen molar-refractivity contribution in [2.24, 2.45) is 0 Å². The molecule has 1 aromatic carbocycles. The fourth-order valence-electron chi connectivity index (χ4n) is 2.87. The van der Waals surface area contributed by atoms with E-state index in [2.05, 4.69) is 20.4 Å². The number of carbonyl (C=O) groups is 1. The third kappa shape index (κ3) is 2.86. The molecule has 0 bridgehead atoms. The van der Waals surface area contributed by atoms with Gasteiger partial charge in [0.1, 0.15) is 5.75 Å². The van der Waals surface area contributed by atoms with E-state index >= 15 is 0 Å². The van der Waals surface area contributed by atoms with Gasteiger partial charge in [0, 0.05) is 18.1 Å². The molecule has 0 atom stereocenters. The molecule has 3 heterocycles. The molecule has 1 amide bonds. The molecule has 0 unspecified atom stereocenters. The fraction of sp³-hybridized carbons (Fsp3) is 0.294. The molecule has 0 spiro atoms. The highest BCUT2D eigenvalue weighted by molar-refractivity contribution is 6.03. The second kappa shape index (κ2) is 6.04. The Labute approximate surface area is 142 Å². The highest BCUT2D eigenvalue weighted by atomic mass is 16.5. The number of ether oxygens (including phenoxy) is 1. The van der Waals surface area contributed by atoms with E-state index in [4.69, 9.17) is 4.74 Å². The zero-order valence-electron chi connectivity index (χ0n) is 13.7. The third-order valence-corrected chi connectivity index (χ3v) is 4.07. The summed E-state index contributed by atoms with van der Waals surface area (Å²) in [6, 6.07) is 6.77. The molecule has 128 valence electrons. The number of anilines is 1. The van der Waals surface area contributed by atoms with Crippen molar-refractivity contribution >= 4 is 17.6 Å². The number of fused-ring (bicyclic) bond motifs is 2. The van der Waals surface area contributed by atoms with Gasteiger partial charge < -0.3 is 4.74 Å². The second-order valence-electron chi connectivity index (χ2n) is 5.92. The van der Waals surface area contributed by atoms with Crippen LogP contribution >= 0.6 is 0 Å². The van der Waals surface area contributed by atoms with Gasteiger partial charge in [-0.2, -0.15) is 9.50 Å². The number of benzene rings is 1. The van der Waals surface area contributed by atoms with E-state index in [0.29, 0.717) is 24.3 Å². The average Bonchev–Trinajstić information content (AvgIpc) is 3.20. The molecule has 4 rings (SSSR count). The van der Waals surface area contributed by atoms with E-state index in [1.807, 2.05) is 13.0 Å². The quantitative estimate of drug-likeness (QED) is 0.751. The van der Waals surface area contributed by atoms with E-state index in [9.17, 15) is 9.59 Å². The number of aryl methyl sites for hydroxylation is 1. The van der Waals surface area contributed by atoms with Crippen LogP contribution in [0, 0.1) is 0 Å². The van der Waals surface area contributed by atoms with Gasteiger partial charge in [-0.25, -0.2) is 4.98 Å². The number of rotatable bonds is 4. The molecule has 1 aliphatic rings. The first-order valence-corrected chi connectivity index (χ1v) is 8.20. The molecule has 3 aromatic rings. The third-order valence-electron chi connectivity index (χ3n) is 4.07. The zero-order valence-corrected chi connectivity index (χ0v) is 13.7. The summed E-state index contributed by atoms with van der Waals surface area (Å²) in [5, 5.41) is 5.43. The van der Waals surface area contributed by atoms with Gasteiger partial charge in [-0.3, -0.25) is 20.0 Å². The second-order valence-corrected chi connectivity index (χ2v) is 5.92. The summed E-state index contributed by atoms with van der Waals surface area (Å²) in [6.45, 7) is 2.65. The lowest BCUT2D eigenvalue weighted by atomic mass is 10.1. The molecule has 0 fully saturated rings. The standard InChI is InChI=1S/C17H17N5O3/c1-2-3-12-9-14(23)22-17(18-12)20-16(21-22)19-15(24)11-4-5-13-10(8-11)6-7-25-13/h4-5,8-9H,2-3,6-7H2,1H3,(H2,18,19,20,21,24). The number of aromatic nitrogens is 4. The first-order valence-electron chi connectivity index (χ1n) is 8.20. The summed E-state index contributed by atoms with van der Waals surface area (Å²) >= 11 is 0. The van der Waals surface area contributed by atoms with Crippen LogP contribution in [0.1, 0.15) is 35.0 Å². The SMILES string of the molecule is CCCc1cc(=O)n2[nH]c(NC(=O)c3ccc4c(c3)CCO4)nc2n1. The number of aromatic amines is 1. The molecule has 0 aliphatic carbocycles. The Morgan fingerprint density at radius 1 is 1.36 bits per heavy atom. The van der Waals surface area contributed by atoms with Crippen LogP contribution in [0.4, 0.5) is 5.95 Å². The number of nitrogens with one attached hydrogen (secondary N) is 2. The highest BCUT2D eigenvalue weighted by Crippen LogP contribution is 2.26. The monoisotopic (exact) mass is 339 g/mol. The molecule has 2 N–H and O–H groups in total. The largest absolute Gasteiger partial charge is 0.493 e. The Hall–Kier alpha value is -3.16. The number of nitrogens with zero attached hydrogens (tertiary/aromatic N) is 3. The average molecular weight is 339 g/mol. The Bertz CT molecular complexity index is 1020. The van der Waals surface area contributed by atoms with E-state index in [-0.39, 0.29) is 23.2 Å². The lowest BCUT2D eigenvalue weighted by Crippen LogP contribution is -2.16. The van der Waals surface area contributed by atoms with Crippen LogP contribution < -0.4 is 15.6 Å². The number of carbonyl (C=O) groups excluding carboxylic acids is 1. The maximum Gasteiger partial charge on any atom is 0.274 e. The van der Waals surface area contributed by atoms with Crippen molar-refractivity contribution in [1.82, 2.24) is 19.6 Å². The van der Waals surface area contributed by atoms with Gasteiger partial charge in [0.15, 0.2) is 0 Å². The van der Waals surface area contributed by atoms with E-state index < -0.39 is 0 Å². The fourth-order valence-corrected chi connectivity index (χ4v) is 2.87. The predicted octanol–water partition coefficient (Wildman–Crippen LogP) is 1.56. The van der Waals surface area contributed by atoms with Crippen LogP contribution in [0.15, 0.2) is 29.1 Å². The van der Waals surface area contributed by atoms with Crippen molar-refractivity contribution in [3.8, 4) is 5.75 Å². The van der Waals surface area contributed by atoms with Crippen molar-refractivity contribution in [1.29, 1.82) is 0 Å². The minimum atomic E-state index is -0.310. The van der Waals surface area contributed by atoms with Crippen molar-refractivity contribution < 1.29 is 9.53 Å². The molecule has 2 aromatic heterocycles. The number of hydrogen-bond donors (Lipinski definition) is 2. The summed E-state index contributed by atoms with van der Waals surface area (Å²) in [7, 11) is 0. The van der Waals surface area contributed by atoms with Gasteiger partial charge in [0.25, 0.3) is 17.2 Å². The molecular formula is C17H17N5O3. The van der Waals surface area contributed by atoms with Crippen molar-refractivity contribution in [3.63, 3.8) is 0 Å². The van der Waals surface area contributed by atoms with Crippen LogP contribution in [0.5, 0.6) is 5.75 Å². The van der Waals surface area contributed by atoms with Gasteiger partial charge in [-0.1, -0.05) is 13.3 Å². The Balaban J connectivity index is 1.61. The maximum atomic E-state index is 12.4. The first kappa shape index (κ1) is 15.4.